The number of carbonyl (C=O) groups excluding carboxylic acids is 1. The van der Waals surface area contributed by atoms with Crippen molar-refractivity contribution in [2.75, 3.05) is 20.2 Å². The molecular formula is C30H31N3O5S. The van der Waals surface area contributed by atoms with Crippen LogP contribution >= 0.6 is 0 Å². The number of nitrogens with zero attached hydrogens (tertiary/aromatic N) is 1. The second-order valence-electron chi connectivity index (χ2n) is 10.3. The summed E-state index contributed by atoms with van der Waals surface area (Å²) in [6.45, 7) is 5.18. The van der Waals surface area contributed by atoms with E-state index in [2.05, 4.69) is 33.4 Å². The van der Waals surface area contributed by atoms with E-state index in [0.717, 1.165) is 41.8 Å². The van der Waals surface area contributed by atoms with Gasteiger partial charge in [0, 0.05) is 40.8 Å². The quantitative estimate of drug-likeness (QED) is 0.312. The van der Waals surface area contributed by atoms with Crippen LogP contribution in [0.2, 0.25) is 0 Å². The molecule has 2 N–H and O–H groups in total. The molecule has 0 bridgehead atoms. The molecule has 3 aromatic carbocycles. The van der Waals surface area contributed by atoms with Gasteiger partial charge in [-0.1, -0.05) is 18.6 Å². The van der Waals surface area contributed by atoms with E-state index < -0.39 is 10.1 Å². The number of carbonyl (C=O) groups is 1. The van der Waals surface area contributed by atoms with Gasteiger partial charge >= 0.3 is 10.1 Å². The van der Waals surface area contributed by atoms with E-state index in [4.69, 9.17) is 8.92 Å². The average Bonchev–Trinajstić information content (AvgIpc) is 3.53. The van der Waals surface area contributed by atoms with Gasteiger partial charge in [-0.25, -0.2) is 0 Å². The van der Waals surface area contributed by atoms with Gasteiger partial charge in [0.15, 0.2) is 0 Å². The summed E-state index contributed by atoms with van der Waals surface area (Å²) in [5, 5.41) is 3.89. The van der Waals surface area contributed by atoms with Crippen molar-refractivity contribution in [1.29, 1.82) is 0 Å². The number of piperidine rings is 1. The van der Waals surface area contributed by atoms with Crippen LogP contribution in [0.4, 0.5) is 0 Å². The van der Waals surface area contributed by atoms with Gasteiger partial charge in [-0.3, -0.25) is 9.69 Å². The Balaban J connectivity index is 1.34. The standard InChI is InChI=1S/C30H31N3O5S/c1-19-6-10-27(37-2)28(14-19)39(35,36)38-26-11-8-22(29-23(26)17-31-30(29)34)25-16-21-15-20(7-9-24(21)32-25)18-33-12-4-3-5-13-33/h6-11,14-16,32H,3-5,12-13,17-18H2,1-2H3,(H,31,34). The van der Waals surface area contributed by atoms with E-state index in [0.29, 0.717) is 16.7 Å². The SMILES string of the molecule is COc1ccc(C)cc1S(=O)(=O)Oc1ccc(-c2cc3cc(CN4CCCCC4)ccc3[nH]2)c2c1CNC2=O. The van der Waals surface area contributed by atoms with Crippen molar-refractivity contribution < 1.29 is 22.1 Å². The first-order valence-electron chi connectivity index (χ1n) is 13.2. The average molecular weight is 546 g/mol. The highest BCUT2D eigenvalue weighted by molar-refractivity contribution is 7.87. The van der Waals surface area contributed by atoms with Crippen molar-refractivity contribution in [2.24, 2.45) is 0 Å². The zero-order valence-corrected chi connectivity index (χ0v) is 22.9. The first-order valence-corrected chi connectivity index (χ1v) is 14.6. The minimum absolute atomic E-state index is 0.0592. The van der Waals surface area contributed by atoms with E-state index in [9.17, 15) is 13.2 Å². The molecule has 1 aromatic heterocycles. The van der Waals surface area contributed by atoms with Gasteiger partial charge in [-0.15, -0.1) is 0 Å². The Labute approximate surface area is 228 Å². The van der Waals surface area contributed by atoms with Crippen molar-refractivity contribution >= 4 is 26.9 Å². The van der Waals surface area contributed by atoms with Crippen LogP contribution in [0.3, 0.4) is 0 Å². The normalized spacial score (nSPS) is 15.8. The number of likely N-dealkylation sites (tertiary alicyclic amines) is 1. The van der Waals surface area contributed by atoms with Gasteiger partial charge < -0.3 is 19.2 Å². The Kier molecular flexibility index (Phi) is 6.56. The van der Waals surface area contributed by atoms with E-state index in [-0.39, 0.29) is 28.8 Å². The maximum absolute atomic E-state index is 13.2. The molecule has 3 heterocycles. The van der Waals surface area contributed by atoms with Crippen molar-refractivity contribution in [3.63, 3.8) is 0 Å². The molecular weight excluding hydrogens is 514 g/mol. The third kappa shape index (κ3) is 4.88. The number of methoxy groups -OCH3 is 1. The van der Waals surface area contributed by atoms with Crippen LogP contribution < -0.4 is 14.2 Å². The van der Waals surface area contributed by atoms with E-state index in [1.54, 1.807) is 31.2 Å². The number of hydrogen-bond donors (Lipinski definition) is 2. The summed E-state index contributed by atoms with van der Waals surface area (Å²) < 4.78 is 37.3. The Morgan fingerprint density at radius 2 is 1.74 bits per heavy atom. The number of ether oxygens (including phenoxy) is 1. The molecule has 1 amide bonds. The molecule has 1 saturated heterocycles. The predicted octanol–water partition coefficient (Wildman–Crippen LogP) is 5.15. The molecule has 0 saturated carbocycles. The zero-order valence-electron chi connectivity index (χ0n) is 22.0. The minimum atomic E-state index is -4.21. The fourth-order valence-corrected chi connectivity index (χ4v) is 6.78. The van der Waals surface area contributed by atoms with Gasteiger partial charge in [0.25, 0.3) is 5.91 Å². The van der Waals surface area contributed by atoms with Crippen LogP contribution in [0.25, 0.3) is 22.2 Å². The number of fused-ring (bicyclic) bond motifs is 2. The van der Waals surface area contributed by atoms with Crippen LogP contribution in [0, 0.1) is 6.92 Å². The molecule has 0 spiro atoms. The Bertz CT molecular complexity index is 1690. The molecule has 6 rings (SSSR count). The highest BCUT2D eigenvalue weighted by atomic mass is 32.2. The van der Waals surface area contributed by atoms with Gasteiger partial charge in [0.05, 0.1) is 12.7 Å². The third-order valence-electron chi connectivity index (χ3n) is 7.54. The monoisotopic (exact) mass is 545 g/mol. The van der Waals surface area contributed by atoms with Gasteiger partial charge in [-0.2, -0.15) is 8.42 Å². The molecule has 0 atom stereocenters. The summed E-state index contributed by atoms with van der Waals surface area (Å²) in [6.07, 6.45) is 3.82. The second-order valence-corrected chi connectivity index (χ2v) is 11.8. The molecule has 202 valence electrons. The number of aromatic nitrogens is 1. The predicted molar refractivity (Wildman–Crippen MR) is 150 cm³/mol. The molecule has 0 aliphatic carbocycles. The van der Waals surface area contributed by atoms with Crippen molar-refractivity contribution in [1.82, 2.24) is 15.2 Å². The molecule has 2 aliphatic rings. The van der Waals surface area contributed by atoms with Crippen molar-refractivity contribution in [2.45, 2.75) is 44.2 Å². The number of rotatable bonds is 7. The summed E-state index contributed by atoms with van der Waals surface area (Å²) in [6, 6.07) is 16.7. The molecule has 2 aliphatic heterocycles. The molecule has 1 fully saturated rings. The largest absolute Gasteiger partial charge is 0.495 e. The van der Waals surface area contributed by atoms with Gasteiger partial charge in [0.2, 0.25) is 0 Å². The summed E-state index contributed by atoms with van der Waals surface area (Å²) in [5.74, 6) is 0.0526. The molecule has 8 nitrogen and oxygen atoms in total. The highest BCUT2D eigenvalue weighted by Gasteiger charge is 2.31. The lowest BCUT2D eigenvalue weighted by Crippen LogP contribution is -2.28. The fraction of sp³-hybridized carbons (Fsp3) is 0.300. The first kappa shape index (κ1) is 25.5. The number of benzene rings is 3. The number of nitrogens with one attached hydrogen (secondary N) is 2. The lowest BCUT2D eigenvalue weighted by molar-refractivity contribution is 0.0966. The number of aromatic amines is 1. The lowest BCUT2D eigenvalue weighted by Gasteiger charge is -2.26. The minimum Gasteiger partial charge on any atom is -0.495 e. The van der Waals surface area contributed by atoms with Gasteiger partial charge in [0.1, 0.15) is 16.4 Å². The number of hydrogen-bond acceptors (Lipinski definition) is 6. The Morgan fingerprint density at radius 1 is 0.949 bits per heavy atom. The van der Waals surface area contributed by atoms with Gasteiger partial charge in [-0.05, 0) is 86.4 Å². The number of H-pyrrole nitrogens is 1. The smallest absolute Gasteiger partial charge is 0.342 e. The van der Waals surface area contributed by atoms with Crippen LogP contribution in [-0.2, 0) is 23.2 Å². The van der Waals surface area contributed by atoms with E-state index in [1.165, 1.54) is 38.0 Å². The highest BCUT2D eigenvalue weighted by Crippen LogP contribution is 2.38. The zero-order chi connectivity index (χ0) is 27.1. The maximum atomic E-state index is 13.2. The van der Waals surface area contributed by atoms with E-state index in [1.807, 2.05) is 6.07 Å². The maximum Gasteiger partial charge on any atom is 0.342 e. The lowest BCUT2D eigenvalue weighted by atomic mass is 9.99. The number of aryl methyl sites for hydroxylation is 1. The topological polar surface area (TPSA) is 101 Å². The van der Waals surface area contributed by atoms with Crippen LogP contribution in [0.5, 0.6) is 11.5 Å². The van der Waals surface area contributed by atoms with E-state index >= 15 is 0 Å². The summed E-state index contributed by atoms with van der Waals surface area (Å²) in [7, 11) is -2.80. The summed E-state index contributed by atoms with van der Waals surface area (Å²) in [5.41, 5.74) is 5.42. The second kappa shape index (κ2) is 10.1. The fourth-order valence-electron chi connectivity index (χ4n) is 5.57. The molecule has 0 radical (unpaired) electrons. The van der Waals surface area contributed by atoms with Crippen LogP contribution in [0.15, 0.2) is 59.5 Å². The van der Waals surface area contributed by atoms with Crippen LogP contribution in [-0.4, -0.2) is 44.4 Å². The third-order valence-corrected chi connectivity index (χ3v) is 8.80. The Hall–Kier alpha value is -3.82. The van der Waals surface area contributed by atoms with Crippen molar-refractivity contribution in [3.05, 3.63) is 76.9 Å². The van der Waals surface area contributed by atoms with Crippen molar-refractivity contribution in [3.8, 4) is 22.8 Å². The Morgan fingerprint density at radius 3 is 2.54 bits per heavy atom. The molecule has 0 unspecified atom stereocenters. The van der Waals surface area contributed by atoms with Crippen LogP contribution in [0.1, 0.15) is 46.3 Å². The molecule has 9 heteroatoms. The molecule has 39 heavy (non-hydrogen) atoms. The molecule has 4 aromatic rings. The summed E-state index contributed by atoms with van der Waals surface area (Å²) >= 11 is 0. The summed E-state index contributed by atoms with van der Waals surface area (Å²) in [4.78, 5) is 18.8. The first-order chi connectivity index (χ1) is 18.8. The number of amides is 1.